The summed E-state index contributed by atoms with van der Waals surface area (Å²) in [5, 5.41) is 5.75. The summed E-state index contributed by atoms with van der Waals surface area (Å²) in [5.74, 6) is -0.370. The Morgan fingerprint density at radius 1 is 1.39 bits per heavy atom. The van der Waals surface area contributed by atoms with Gasteiger partial charge in [-0.1, -0.05) is 0 Å². The fourth-order valence-electron chi connectivity index (χ4n) is 2.80. The van der Waals surface area contributed by atoms with Crippen molar-refractivity contribution in [3.05, 3.63) is 12.4 Å². The number of carbonyl (C=O) groups is 1. The number of rotatable bonds is 3. The second-order valence-corrected chi connectivity index (χ2v) is 6.90. The molecular weight excluding hydrogens is 321 g/mol. The molecule has 1 fully saturated rings. The Kier molecular flexibility index (Phi) is 4.65. The highest BCUT2D eigenvalue weighted by atomic mass is 32.2. The lowest BCUT2D eigenvalue weighted by Crippen LogP contribution is -2.48. The standard InChI is InChI=1S/C14H18FN5O2S/c1-23(22)13-7-12(16-9-17-13)19-6-3-10(11(15)8-19)14(21)20-5-2-4-18-20/h4,7,9-11H,2-3,5-6,8H2,1H3. The van der Waals surface area contributed by atoms with E-state index in [4.69, 9.17) is 0 Å². The van der Waals surface area contributed by atoms with Crippen LogP contribution in [-0.2, 0) is 15.6 Å². The van der Waals surface area contributed by atoms with E-state index in [1.807, 2.05) is 0 Å². The van der Waals surface area contributed by atoms with Crippen LogP contribution < -0.4 is 4.90 Å². The van der Waals surface area contributed by atoms with Crippen LogP contribution in [0.2, 0.25) is 0 Å². The molecule has 3 unspecified atom stereocenters. The molecule has 3 atom stereocenters. The summed E-state index contributed by atoms with van der Waals surface area (Å²) in [6.07, 6.45) is 4.38. The van der Waals surface area contributed by atoms with Crippen LogP contribution in [0.1, 0.15) is 12.8 Å². The molecule has 2 aliphatic heterocycles. The van der Waals surface area contributed by atoms with E-state index in [0.717, 1.165) is 6.42 Å². The third-order valence-corrected chi connectivity index (χ3v) is 4.86. The van der Waals surface area contributed by atoms with Crippen LogP contribution in [0, 0.1) is 5.92 Å². The monoisotopic (exact) mass is 339 g/mol. The van der Waals surface area contributed by atoms with Gasteiger partial charge in [-0.15, -0.1) is 0 Å². The molecule has 1 aromatic heterocycles. The number of nitrogens with zero attached hydrogens (tertiary/aromatic N) is 5. The maximum atomic E-state index is 14.5. The van der Waals surface area contributed by atoms with E-state index < -0.39 is 22.9 Å². The molecule has 3 heterocycles. The quantitative estimate of drug-likeness (QED) is 0.754. The summed E-state index contributed by atoms with van der Waals surface area (Å²) in [5.41, 5.74) is 0. The third-order valence-electron chi connectivity index (χ3n) is 4.05. The Bertz CT molecular complexity index is 656. The lowest BCUT2D eigenvalue weighted by Gasteiger charge is -2.35. The zero-order valence-corrected chi connectivity index (χ0v) is 13.6. The zero-order chi connectivity index (χ0) is 16.4. The average molecular weight is 339 g/mol. The van der Waals surface area contributed by atoms with Crippen LogP contribution in [-0.4, -0.2) is 63.4 Å². The summed E-state index contributed by atoms with van der Waals surface area (Å²) >= 11 is 0. The molecule has 23 heavy (non-hydrogen) atoms. The van der Waals surface area contributed by atoms with Gasteiger partial charge in [-0.05, 0) is 6.42 Å². The topological polar surface area (TPSA) is 78.8 Å². The van der Waals surface area contributed by atoms with E-state index in [1.165, 1.54) is 17.6 Å². The minimum absolute atomic E-state index is 0.0841. The van der Waals surface area contributed by atoms with E-state index in [9.17, 15) is 13.4 Å². The van der Waals surface area contributed by atoms with Crippen molar-refractivity contribution in [3.8, 4) is 0 Å². The molecule has 0 aliphatic carbocycles. The third kappa shape index (κ3) is 3.39. The highest BCUT2D eigenvalue weighted by Gasteiger charge is 2.37. The largest absolute Gasteiger partial charge is 0.354 e. The molecule has 0 N–H and O–H groups in total. The van der Waals surface area contributed by atoms with Crippen LogP contribution >= 0.6 is 0 Å². The lowest BCUT2D eigenvalue weighted by molar-refractivity contribution is -0.137. The van der Waals surface area contributed by atoms with Gasteiger partial charge < -0.3 is 4.90 Å². The summed E-state index contributed by atoms with van der Waals surface area (Å²) < 4.78 is 26.0. The number of amides is 1. The normalized spacial score (nSPS) is 25.7. The molecule has 3 rings (SSSR count). The van der Waals surface area contributed by atoms with E-state index in [2.05, 4.69) is 15.1 Å². The predicted molar refractivity (Wildman–Crippen MR) is 84.4 cm³/mol. The summed E-state index contributed by atoms with van der Waals surface area (Å²) in [6.45, 7) is 1.13. The molecular formula is C14H18FN5O2S. The number of aromatic nitrogens is 2. The Balaban J connectivity index is 1.68. The number of halogens is 1. The minimum atomic E-state index is -1.28. The van der Waals surface area contributed by atoms with E-state index in [-0.39, 0.29) is 12.5 Å². The molecule has 1 saturated heterocycles. The summed E-state index contributed by atoms with van der Waals surface area (Å²) in [4.78, 5) is 22.1. The number of hydrogen-bond donors (Lipinski definition) is 0. The first-order chi connectivity index (χ1) is 11.1. The van der Waals surface area contributed by atoms with Gasteiger partial charge >= 0.3 is 0 Å². The number of hydrogen-bond acceptors (Lipinski definition) is 6. The first kappa shape index (κ1) is 16.0. The van der Waals surface area contributed by atoms with Crippen LogP contribution in [0.25, 0.3) is 0 Å². The SMILES string of the molecule is CS(=O)c1cc(N2CCC(C(=O)N3CCC=N3)C(F)C2)ncn1. The number of anilines is 1. The molecule has 124 valence electrons. The molecule has 1 amide bonds. The second-order valence-electron chi connectivity index (χ2n) is 5.57. The van der Waals surface area contributed by atoms with E-state index >= 15 is 0 Å². The maximum absolute atomic E-state index is 14.5. The number of piperidine rings is 1. The van der Waals surface area contributed by atoms with Crippen molar-refractivity contribution < 1.29 is 13.4 Å². The molecule has 0 saturated carbocycles. The van der Waals surface area contributed by atoms with Crippen molar-refractivity contribution in [2.24, 2.45) is 11.0 Å². The van der Waals surface area contributed by atoms with Gasteiger partial charge in [0, 0.05) is 38.0 Å². The van der Waals surface area contributed by atoms with Gasteiger partial charge in [0.25, 0.3) is 0 Å². The second kappa shape index (κ2) is 6.69. The Morgan fingerprint density at radius 2 is 2.22 bits per heavy atom. The maximum Gasteiger partial charge on any atom is 0.248 e. The highest BCUT2D eigenvalue weighted by Crippen LogP contribution is 2.27. The smallest absolute Gasteiger partial charge is 0.248 e. The van der Waals surface area contributed by atoms with Crippen molar-refractivity contribution in [2.75, 3.05) is 30.8 Å². The zero-order valence-electron chi connectivity index (χ0n) is 12.8. The molecule has 2 aliphatic rings. The first-order valence-electron chi connectivity index (χ1n) is 7.44. The molecule has 1 aromatic rings. The van der Waals surface area contributed by atoms with Gasteiger partial charge in [-0.2, -0.15) is 5.10 Å². The minimum Gasteiger partial charge on any atom is -0.354 e. The molecule has 0 bridgehead atoms. The van der Waals surface area contributed by atoms with Gasteiger partial charge in [0.2, 0.25) is 5.91 Å². The first-order valence-corrected chi connectivity index (χ1v) is 9.00. The number of alkyl halides is 1. The fourth-order valence-corrected chi connectivity index (χ4v) is 3.27. The van der Waals surface area contributed by atoms with Crippen LogP contribution in [0.5, 0.6) is 0 Å². The van der Waals surface area contributed by atoms with Crippen molar-refractivity contribution in [3.63, 3.8) is 0 Å². The van der Waals surface area contributed by atoms with Crippen molar-refractivity contribution in [2.45, 2.75) is 24.0 Å². The molecule has 0 spiro atoms. The van der Waals surface area contributed by atoms with Crippen molar-refractivity contribution in [1.82, 2.24) is 15.0 Å². The van der Waals surface area contributed by atoms with Crippen molar-refractivity contribution in [1.29, 1.82) is 0 Å². The van der Waals surface area contributed by atoms with Crippen molar-refractivity contribution >= 4 is 28.7 Å². The Labute approximate surface area is 136 Å². The molecule has 7 nitrogen and oxygen atoms in total. The number of hydrazone groups is 1. The average Bonchev–Trinajstić information content (AvgIpc) is 3.08. The fraction of sp³-hybridized carbons (Fsp3) is 0.571. The number of carbonyl (C=O) groups excluding carboxylic acids is 1. The van der Waals surface area contributed by atoms with E-state index in [1.54, 1.807) is 17.2 Å². The summed E-state index contributed by atoms with van der Waals surface area (Å²) in [6, 6.07) is 1.61. The van der Waals surface area contributed by atoms with Crippen LogP contribution in [0.4, 0.5) is 10.2 Å². The van der Waals surface area contributed by atoms with Gasteiger partial charge in [0.15, 0.2) is 0 Å². The Hall–Kier alpha value is -1.90. The highest BCUT2D eigenvalue weighted by molar-refractivity contribution is 7.84. The van der Waals surface area contributed by atoms with Crippen LogP contribution in [0.3, 0.4) is 0 Å². The van der Waals surface area contributed by atoms with Gasteiger partial charge in [-0.25, -0.2) is 19.4 Å². The predicted octanol–water partition coefficient (Wildman–Crippen LogP) is 0.597. The van der Waals surface area contributed by atoms with Gasteiger partial charge in [0.1, 0.15) is 23.3 Å². The molecule has 0 radical (unpaired) electrons. The molecule has 0 aromatic carbocycles. The summed E-state index contributed by atoms with van der Waals surface area (Å²) in [7, 11) is -1.22. The molecule has 9 heteroatoms. The van der Waals surface area contributed by atoms with Gasteiger partial charge in [0.05, 0.1) is 23.3 Å². The Morgan fingerprint density at radius 3 is 2.87 bits per heavy atom. The lowest BCUT2D eigenvalue weighted by atomic mass is 9.93. The van der Waals surface area contributed by atoms with Crippen LogP contribution in [0.15, 0.2) is 22.5 Å². The van der Waals surface area contributed by atoms with Gasteiger partial charge in [-0.3, -0.25) is 9.00 Å². The van der Waals surface area contributed by atoms with E-state index in [0.29, 0.717) is 30.4 Å².